The fourth-order valence-electron chi connectivity index (χ4n) is 2.16. The van der Waals surface area contributed by atoms with E-state index in [0.717, 1.165) is 17.8 Å². The van der Waals surface area contributed by atoms with Gasteiger partial charge in [0.1, 0.15) is 5.01 Å². The maximum Gasteiger partial charge on any atom is 1.00 e. The molecule has 4 rings (SSSR count). The zero-order valence-corrected chi connectivity index (χ0v) is 12.7. The SMILES string of the molecule is O=c1c2n[nH]nc2nc2sc(CCc3ccccc3)nn12.[H-].[Li+]. The Morgan fingerprint density at radius 3 is 2.82 bits per heavy atom. The van der Waals surface area contributed by atoms with E-state index < -0.39 is 0 Å². The van der Waals surface area contributed by atoms with Gasteiger partial charge in [-0.1, -0.05) is 41.7 Å². The molecule has 22 heavy (non-hydrogen) atoms. The van der Waals surface area contributed by atoms with Crippen LogP contribution in [0.2, 0.25) is 0 Å². The molecule has 9 heteroatoms. The van der Waals surface area contributed by atoms with Crippen LogP contribution in [-0.2, 0) is 12.8 Å². The molecule has 4 aromatic rings. The van der Waals surface area contributed by atoms with Gasteiger partial charge in [0.05, 0.1) is 0 Å². The molecule has 1 N–H and O–H groups in total. The number of rotatable bonds is 3. The van der Waals surface area contributed by atoms with Crippen molar-refractivity contribution in [2.24, 2.45) is 0 Å². The summed E-state index contributed by atoms with van der Waals surface area (Å²) in [7, 11) is 0. The maximum atomic E-state index is 12.2. The quantitative estimate of drug-likeness (QED) is 0.457. The van der Waals surface area contributed by atoms with Gasteiger partial charge >= 0.3 is 24.4 Å². The summed E-state index contributed by atoms with van der Waals surface area (Å²) in [5.41, 5.74) is 1.50. The van der Waals surface area contributed by atoms with Gasteiger partial charge in [-0.15, -0.1) is 10.2 Å². The molecule has 7 nitrogen and oxygen atoms in total. The largest absolute Gasteiger partial charge is 1.00 e. The summed E-state index contributed by atoms with van der Waals surface area (Å²) < 4.78 is 1.30. The van der Waals surface area contributed by atoms with Crippen molar-refractivity contribution in [3.63, 3.8) is 0 Å². The third-order valence-electron chi connectivity index (χ3n) is 3.20. The molecule has 0 radical (unpaired) electrons. The van der Waals surface area contributed by atoms with Gasteiger partial charge in [-0.2, -0.15) is 19.8 Å². The first-order valence-electron chi connectivity index (χ1n) is 6.44. The fraction of sp³-hybridized carbons (Fsp3) is 0.154. The molecular weight excluding hydrogens is 295 g/mol. The van der Waals surface area contributed by atoms with Crippen LogP contribution in [0.4, 0.5) is 0 Å². The molecule has 0 saturated carbocycles. The van der Waals surface area contributed by atoms with Crippen molar-refractivity contribution in [2.45, 2.75) is 12.8 Å². The van der Waals surface area contributed by atoms with Gasteiger partial charge in [-0.05, 0) is 12.0 Å². The zero-order valence-electron chi connectivity index (χ0n) is 12.9. The molecule has 0 saturated heterocycles. The van der Waals surface area contributed by atoms with E-state index in [1.165, 1.54) is 21.4 Å². The number of hydrogen-bond donors (Lipinski definition) is 1. The number of H-pyrrole nitrogens is 1. The Kier molecular flexibility index (Phi) is 4.07. The maximum absolute atomic E-state index is 12.2. The van der Waals surface area contributed by atoms with Crippen molar-refractivity contribution in [2.75, 3.05) is 0 Å². The molecule has 106 valence electrons. The first-order valence-corrected chi connectivity index (χ1v) is 7.26. The number of aromatic amines is 1. The second-order valence-corrected chi connectivity index (χ2v) is 5.63. The average Bonchev–Trinajstić information content (AvgIpc) is 3.13. The normalized spacial score (nSPS) is 10.9. The van der Waals surface area contributed by atoms with Crippen LogP contribution in [0.3, 0.4) is 0 Å². The minimum absolute atomic E-state index is 0. The minimum Gasteiger partial charge on any atom is -1.00 e. The molecule has 0 bridgehead atoms. The summed E-state index contributed by atoms with van der Waals surface area (Å²) in [6.07, 6.45) is 1.65. The second-order valence-electron chi connectivity index (χ2n) is 4.59. The number of nitrogens with one attached hydrogen (secondary N) is 1. The average molecular weight is 306 g/mol. The van der Waals surface area contributed by atoms with E-state index in [-0.39, 0.29) is 31.4 Å². The number of benzene rings is 1. The third kappa shape index (κ3) is 2.56. The number of aryl methyl sites for hydroxylation is 2. The van der Waals surface area contributed by atoms with Gasteiger partial charge in [-0.25, -0.2) is 0 Å². The number of fused-ring (bicyclic) bond motifs is 2. The van der Waals surface area contributed by atoms with Crippen molar-refractivity contribution in [3.8, 4) is 0 Å². The molecule has 0 atom stereocenters. The summed E-state index contributed by atoms with van der Waals surface area (Å²) >= 11 is 1.41. The molecule has 0 fully saturated rings. The monoisotopic (exact) mass is 306 g/mol. The molecule has 0 aliphatic heterocycles. The van der Waals surface area contributed by atoms with Crippen LogP contribution in [0.5, 0.6) is 0 Å². The predicted molar refractivity (Wildman–Crippen MR) is 79.5 cm³/mol. The van der Waals surface area contributed by atoms with E-state index in [2.05, 4.69) is 37.6 Å². The van der Waals surface area contributed by atoms with Crippen LogP contribution in [0.15, 0.2) is 35.1 Å². The van der Waals surface area contributed by atoms with Crippen LogP contribution in [0.1, 0.15) is 12.0 Å². The molecule has 0 aliphatic rings. The van der Waals surface area contributed by atoms with Gasteiger partial charge in [0.15, 0.2) is 5.52 Å². The van der Waals surface area contributed by atoms with E-state index in [1.807, 2.05) is 18.2 Å². The topological polar surface area (TPSA) is 88.8 Å². The van der Waals surface area contributed by atoms with Crippen LogP contribution < -0.4 is 24.4 Å². The Hall–Kier alpha value is -2.01. The van der Waals surface area contributed by atoms with Crippen LogP contribution >= 0.6 is 11.3 Å². The Balaban J connectivity index is 0.000000960. The molecular formula is C13H11LiN6OS. The predicted octanol–water partition coefficient (Wildman–Crippen LogP) is -1.68. The zero-order chi connectivity index (χ0) is 14.2. The molecule has 3 heterocycles. The Morgan fingerprint density at radius 2 is 2.00 bits per heavy atom. The number of hydrogen-bond acceptors (Lipinski definition) is 6. The van der Waals surface area contributed by atoms with Crippen molar-refractivity contribution < 1.29 is 20.3 Å². The van der Waals surface area contributed by atoms with E-state index in [9.17, 15) is 4.79 Å². The number of aromatic nitrogens is 6. The molecule has 0 spiro atoms. The van der Waals surface area contributed by atoms with Gasteiger partial charge in [-0.3, -0.25) is 4.79 Å². The standard InChI is InChI=1S/C13H10N6OS.Li.H/c20-12-10-11(16-18-15-10)14-13-19(12)17-9(21-13)7-6-8-4-2-1-3-5-8;;/h1-5H,6-7H2,(H,15,16,18);;/q;+1;-1. The van der Waals surface area contributed by atoms with E-state index in [1.54, 1.807) is 0 Å². The van der Waals surface area contributed by atoms with E-state index >= 15 is 0 Å². The van der Waals surface area contributed by atoms with Crippen LogP contribution in [-0.4, -0.2) is 30.0 Å². The van der Waals surface area contributed by atoms with E-state index in [4.69, 9.17) is 0 Å². The second kappa shape index (κ2) is 6.00. The first kappa shape index (κ1) is 14.9. The van der Waals surface area contributed by atoms with Crippen molar-refractivity contribution >= 4 is 27.5 Å². The van der Waals surface area contributed by atoms with Gasteiger partial charge in [0, 0.05) is 6.42 Å². The Labute approximate surface area is 142 Å². The van der Waals surface area contributed by atoms with Crippen molar-refractivity contribution in [3.05, 3.63) is 51.3 Å². The van der Waals surface area contributed by atoms with Gasteiger partial charge < -0.3 is 1.43 Å². The summed E-state index contributed by atoms with van der Waals surface area (Å²) in [6.45, 7) is 0. The Morgan fingerprint density at radius 1 is 1.18 bits per heavy atom. The molecule has 0 aliphatic carbocycles. The minimum atomic E-state index is -0.286. The summed E-state index contributed by atoms with van der Waals surface area (Å²) in [6, 6.07) is 10.2. The first-order chi connectivity index (χ1) is 10.3. The van der Waals surface area contributed by atoms with Crippen molar-refractivity contribution in [1.82, 2.24) is 30.0 Å². The molecule has 0 amide bonds. The molecule has 1 aromatic carbocycles. The molecule has 0 unspecified atom stereocenters. The van der Waals surface area contributed by atoms with Gasteiger partial charge in [0.2, 0.25) is 10.6 Å². The third-order valence-corrected chi connectivity index (χ3v) is 4.17. The van der Waals surface area contributed by atoms with E-state index in [0.29, 0.717) is 10.6 Å². The summed E-state index contributed by atoms with van der Waals surface area (Å²) in [5, 5.41) is 15.3. The smallest absolute Gasteiger partial charge is 1.00 e. The van der Waals surface area contributed by atoms with Crippen LogP contribution in [0.25, 0.3) is 16.1 Å². The summed E-state index contributed by atoms with van der Waals surface area (Å²) in [5.74, 6) is 0. The molecule has 3 aromatic heterocycles. The number of nitrogens with zero attached hydrogens (tertiary/aromatic N) is 5. The summed E-state index contributed by atoms with van der Waals surface area (Å²) in [4.78, 5) is 17.0. The van der Waals surface area contributed by atoms with Gasteiger partial charge in [0.25, 0.3) is 0 Å². The Bertz CT molecular complexity index is 982. The fourth-order valence-corrected chi connectivity index (χ4v) is 3.04. The van der Waals surface area contributed by atoms with Crippen molar-refractivity contribution in [1.29, 1.82) is 0 Å². The van der Waals surface area contributed by atoms with Crippen LogP contribution in [0, 0.1) is 0 Å².